The van der Waals surface area contributed by atoms with E-state index in [0.29, 0.717) is 0 Å². The maximum atomic E-state index is 4.28. The average molecular weight is 541 g/mol. The summed E-state index contributed by atoms with van der Waals surface area (Å²) < 4.78 is 0. The molecule has 3 aromatic rings. The van der Waals surface area contributed by atoms with Gasteiger partial charge in [0.25, 0.3) is 0 Å². The van der Waals surface area contributed by atoms with Gasteiger partial charge in [-0.15, -0.1) is 0 Å². The van der Waals surface area contributed by atoms with Gasteiger partial charge in [-0.05, 0) is 78.8 Å². The molecule has 0 radical (unpaired) electrons. The van der Waals surface area contributed by atoms with Crippen molar-refractivity contribution in [1.29, 1.82) is 0 Å². The molecule has 0 bridgehead atoms. The lowest BCUT2D eigenvalue weighted by Crippen LogP contribution is -2.38. The number of nitrogens with one attached hydrogen (secondary N) is 3. The van der Waals surface area contributed by atoms with Crippen LogP contribution in [0.15, 0.2) is 145 Å². The van der Waals surface area contributed by atoms with Crippen molar-refractivity contribution in [1.82, 2.24) is 10.6 Å². The first-order valence-electron chi connectivity index (χ1n) is 14.5. The fourth-order valence-electron chi connectivity index (χ4n) is 5.49. The van der Waals surface area contributed by atoms with Gasteiger partial charge in [-0.2, -0.15) is 0 Å². The molecule has 3 aromatic carbocycles. The van der Waals surface area contributed by atoms with E-state index in [1.807, 2.05) is 19.1 Å². The minimum Gasteiger partial charge on any atom is -0.366 e. The third-order valence-corrected chi connectivity index (χ3v) is 7.54. The summed E-state index contributed by atoms with van der Waals surface area (Å²) in [4.78, 5) is 2.31. The van der Waals surface area contributed by atoms with Gasteiger partial charge in [0.2, 0.25) is 0 Å². The molecule has 0 amide bonds. The minimum atomic E-state index is -0.0243. The van der Waals surface area contributed by atoms with Gasteiger partial charge in [-0.3, -0.25) is 4.90 Å². The van der Waals surface area contributed by atoms with Crippen LogP contribution in [-0.2, 0) is 12.8 Å². The lowest BCUT2D eigenvalue weighted by molar-refractivity contribution is 0.728. The largest absolute Gasteiger partial charge is 0.366 e. The van der Waals surface area contributed by atoms with E-state index in [4.69, 9.17) is 0 Å². The molecule has 0 spiro atoms. The molecule has 1 atom stereocenters. The predicted octanol–water partition coefficient (Wildman–Crippen LogP) is 8.63. The second-order valence-electron chi connectivity index (χ2n) is 10.4. The van der Waals surface area contributed by atoms with Crippen molar-refractivity contribution >= 4 is 17.1 Å². The Hall–Kier alpha value is -4.70. The van der Waals surface area contributed by atoms with Crippen LogP contribution in [0, 0.1) is 0 Å². The highest BCUT2D eigenvalue weighted by molar-refractivity contribution is 5.78. The Morgan fingerprint density at radius 2 is 1.68 bits per heavy atom. The molecule has 2 heterocycles. The van der Waals surface area contributed by atoms with Crippen LogP contribution < -0.4 is 20.9 Å². The van der Waals surface area contributed by atoms with Crippen molar-refractivity contribution in [3.05, 3.63) is 162 Å². The standard InChI is InChI=1S/C37H40N4/c1-5-8-16-27(4)23-29-17-9-12-20-32(29)39-36-25-28(7-3)33(26-38-36)40-37(15-6-2)41-34-21-13-10-18-30(34)24-31-19-11-14-22-35(31)41/h5-6,8-15,17-22,25-26,36,38-40H,2,4,7,16,23-24H2,1,3H3/b8-5-,37-15+. The third kappa shape index (κ3) is 6.38. The van der Waals surface area contributed by atoms with Gasteiger partial charge in [-0.1, -0.05) is 98.5 Å². The Labute approximate surface area is 245 Å². The van der Waals surface area contributed by atoms with E-state index in [0.717, 1.165) is 42.9 Å². The zero-order chi connectivity index (χ0) is 28.6. The molecule has 5 rings (SSSR count). The molecule has 2 aliphatic rings. The predicted molar refractivity (Wildman–Crippen MR) is 175 cm³/mol. The Kier molecular flexibility index (Phi) is 8.90. The Bertz CT molecular complexity index is 1490. The number of benzene rings is 3. The van der Waals surface area contributed by atoms with Gasteiger partial charge >= 0.3 is 0 Å². The molecule has 3 N–H and O–H groups in total. The van der Waals surface area contributed by atoms with E-state index in [1.54, 1.807) is 0 Å². The van der Waals surface area contributed by atoms with E-state index in [2.05, 4.69) is 138 Å². The minimum absolute atomic E-state index is 0.0243. The summed E-state index contributed by atoms with van der Waals surface area (Å²) in [5.74, 6) is 0.961. The van der Waals surface area contributed by atoms with Gasteiger partial charge < -0.3 is 16.0 Å². The number of para-hydroxylation sites is 3. The van der Waals surface area contributed by atoms with E-state index in [1.165, 1.54) is 39.2 Å². The van der Waals surface area contributed by atoms with E-state index in [-0.39, 0.29) is 6.17 Å². The topological polar surface area (TPSA) is 39.3 Å². The summed E-state index contributed by atoms with van der Waals surface area (Å²) in [6, 6.07) is 25.8. The molecular weight excluding hydrogens is 500 g/mol. The molecule has 0 saturated carbocycles. The molecule has 208 valence electrons. The maximum absolute atomic E-state index is 4.28. The third-order valence-electron chi connectivity index (χ3n) is 7.54. The van der Waals surface area contributed by atoms with Crippen LogP contribution in [0.2, 0.25) is 0 Å². The summed E-state index contributed by atoms with van der Waals surface area (Å²) in [5, 5.41) is 11.0. The van der Waals surface area contributed by atoms with Crippen LogP contribution in [0.1, 0.15) is 43.4 Å². The summed E-state index contributed by atoms with van der Waals surface area (Å²) in [7, 11) is 0. The monoisotopic (exact) mass is 540 g/mol. The highest BCUT2D eigenvalue weighted by Crippen LogP contribution is 2.41. The first-order valence-corrected chi connectivity index (χ1v) is 14.5. The zero-order valence-electron chi connectivity index (χ0n) is 24.2. The lowest BCUT2D eigenvalue weighted by Gasteiger charge is -2.36. The molecule has 0 fully saturated rings. The number of allylic oxidation sites excluding steroid dienone is 6. The number of anilines is 3. The number of rotatable bonds is 11. The summed E-state index contributed by atoms with van der Waals surface area (Å²) in [6.45, 7) is 12.6. The van der Waals surface area contributed by atoms with Gasteiger partial charge in [0, 0.05) is 18.3 Å². The quantitative estimate of drug-likeness (QED) is 0.168. The number of fused-ring (bicyclic) bond motifs is 2. The fourth-order valence-corrected chi connectivity index (χ4v) is 5.49. The number of hydrogen-bond acceptors (Lipinski definition) is 4. The highest BCUT2D eigenvalue weighted by atomic mass is 15.3. The van der Waals surface area contributed by atoms with Gasteiger partial charge in [0.15, 0.2) is 0 Å². The Morgan fingerprint density at radius 1 is 1.00 bits per heavy atom. The van der Waals surface area contributed by atoms with Gasteiger partial charge in [0.1, 0.15) is 12.0 Å². The lowest BCUT2D eigenvalue weighted by atomic mass is 9.95. The molecule has 2 aliphatic heterocycles. The molecule has 0 saturated heterocycles. The van der Waals surface area contributed by atoms with Crippen molar-refractivity contribution in [3.63, 3.8) is 0 Å². The molecule has 41 heavy (non-hydrogen) atoms. The van der Waals surface area contributed by atoms with Crippen molar-refractivity contribution < 1.29 is 0 Å². The van der Waals surface area contributed by atoms with E-state index >= 15 is 0 Å². The number of dihydropyridines is 1. The Balaban J connectivity index is 1.37. The van der Waals surface area contributed by atoms with Crippen LogP contribution in [0.25, 0.3) is 0 Å². The van der Waals surface area contributed by atoms with Gasteiger partial charge in [-0.25, -0.2) is 0 Å². The maximum Gasteiger partial charge on any atom is 0.116 e. The molecule has 4 heteroatoms. The van der Waals surface area contributed by atoms with Crippen LogP contribution in [0.5, 0.6) is 0 Å². The van der Waals surface area contributed by atoms with E-state index < -0.39 is 0 Å². The summed E-state index contributed by atoms with van der Waals surface area (Å²) in [6.07, 6.45) is 16.0. The van der Waals surface area contributed by atoms with Crippen molar-refractivity contribution in [2.75, 3.05) is 10.2 Å². The fraction of sp³-hybridized carbons (Fsp3) is 0.189. The van der Waals surface area contributed by atoms with Crippen molar-refractivity contribution in [2.24, 2.45) is 0 Å². The molecule has 0 aliphatic carbocycles. The zero-order valence-corrected chi connectivity index (χ0v) is 24.2. The van der Waals surface area contributed by atoms with Crippen LogP contribution in [0.3, 0.4) is 0 Å². The van der Waals surface area contributed by atoms with Crippen LogP contribution in [-0.4, -0.2) is 6.17 Å². The Morgan fingerprint density at radius 3 is 2.37 bits per heavy atom. The summed E-state index contributed by atoms with van der Waals surface area (Å²) >= 11 is 0. The normalized spacial score (nSPS) is 16.2. The van der Waals surface area contributed by atoms with Crippen molar-refractivity contribution in [3.8, 4) is 0 Å². The first-order chi connectivity index (χ1) is 20.1. The molecular formula is C37H40N4. The second kappa shape index (κ2) is 13.1. The highest BCUT2D eigenvalue weighted by Gasteiger charge is 2.26. The van der Waals surface area contributed by atoms with Crippen LogP contribution >= 0.6 is 0 Å². The molecule has 1 unspecified atom stereocenters. The first kappa shape index (κ1) is 27.9. The van der Waals surface area contributed by atoms with E-state index in [9.17, 15) is 0 Å². The number of hydrogen-bond donors (Lipinski definition) is 3. The smallest absolute Gasteiger partial charge is 0.116 e. The van der Waals surface area contributed by atoms with Crippen LogP contribution in [0.4, 0.5) is 17.1 Å². The number of nitrogens with zero attached hydrogens (tertiary/aromatic N) is 1. The second-order valence-corrected chi connectivity index (χ2v) is 10.4. The van der Waals surface area contributed by atoms with Gasteiger partial charge in [0.05, 0.1) is 17.1 Å². The van der Waals surface area contributed by atoms with Crippen molar-refractivity contribution in [2.45, 2.75) is 45.7 Å². The molecule has 4 nitrogen and oxygen atoms in total. The summed E-state index contributed by atoms with van der Waals surface area (Å²) in [5.41, 5.74) is 10.8. The molecule has 0 aromatic heterocycles. The SMILES string of the molecule is C=C/C=C(\NC1=CNC(Nc2ccccc2CC(=C)C/C=C\C)C=C1CC)N1c2ccccc2Cc2ccccc21. The average Bonchev–Trinajstić information content (AvgIpc) is 3.00.